The van der Waals surface area contributed by atoms with Crippen LogP contribution in [0.15, 0.2) is 41.8 Å². The normalized spacial score (nSPS) is 13.4. The van der Waals surface area contributed by atoms with Crippen molar-refractivity contribution in [1.82, 2.24) is 19.4 Å². The van der Waals surface area contributed by atoms with Crippen molar-refractivity contribution in [3.63, 3.8) is 0 Å². The molecule has 3 aromatic heterocycles. The van der Waals surface area contributed by atoms with E-state index < -0.39 is 34.3 Å². The Labute approximate surface area is 255 Å². The molecule has 2 N–H and O–H groups in total. The highest BCUT2D eigenvalue weighted by Crippen LogP contribution is 2.39. The highest BCUT2D eigenvalue weighted by molar-refractivity contribution is 6.34. The zero-order chi connectivity index (χ0) is 32.0. The van der Waals surface area contributed by atoms with E-state index in [-0.39, 0.29) is 71.0 Å². The van der Waals surface area contributed by atoms with Gasteiger partial charge in [-0.15, -0.1) is 0 Å². The number of nitriles is 1. The number of rotatable bonds is 5. The number of amides is 1. The second-order valence-electron chi connectivity index (χ2n) is 10.7. The molecule has 1 aliphatic heterocycles. The molecule has 0 aliphatic carbocycles. The van der Waals surface area contributed by atoms with E-state index in [1.54, 1.807) is 29.0 Å². The van der Waals surface area contributed by atoms with E-state index in [4.69, 9.17) is 17.3 Å². The van der Waals surface area contributed by atoms with Crippen LogP contribution >= 0.6 is 11.6 Å². The zero-order valence-corrected chi connectivity index (χ0v) is 24.8. The predicted molar refractivity (Wildman–Crippen MR) is 162 cm³/mol. The fourth-order valence-corrected chi connectivity index (χ4v) is 5.71. The van der Waals surface area contributed by atoms with E-state index in [1.807, 2.05) is 19.9 Å². The quantitative estimate of drug-likeness (QED) is 0.184. The number of aromatic nitrogens is 3. The van der Waals surface area contributed by atoms with E-state index in [1.165, 1.54) is 16.7 Å². The molecule has 1 aliphatic rings. The van der Waals surface area contributed by atoms with Gasteiger partial charge in [0.2, 0.25) is 5.91 Å². The first-order valence-corrected chi connectivity index (χ1v) is 14.0. The monoisotopic (exact) mass is 621 g/mol. The maximum absolute atomic E-state index is 15.1. The van der Waals surface area contributed by atoms with Gasteiger partial charge in [-0.3, -0.25) is 19.1 Å². The van der Waals surface area contributed by atoms with Gasteiger partial charge in [-0.1, -0.05) is 32.0 Å². The van der Waals surface area contributed by atoms with Crippen LogP contribution in [-0.2, 0) is 4.79 Å². The number of hydrogen-bond acceptors (Lipinski definition) is 7. The maximum atomic E-state index is 15.1. The molecule has 4 heterocycles. The van der Waals surface area contributed by atoms with Crippen molar-refractivity contribution >= 4 is 39.9 Å². The van der Waals surface area contributed by atoms with Gasteiger partial charge in [0.05, 0.1) is 33.5 Å². The van der Waals surface area contributed by atoms with E-state index in [0.29, 0.717) is 16.9 Å². The summed E-state index contributed by atoms with van der Waals surface area (Å²) in [5, 5.41) is 10.4. The lowest BCUT2D eigenvalue weighted by Crippen LogP contribution is -2.49. The Hall–Kier alpha value is -4.89. The Morgan fingerprint density at radius 1 is 1.14 bits per heavy atom. The Morgan fingerprint density at radius 2 is 1.82 bits per heavy atom. The first-order valence-electron chi connectivity index (χ1n) is 13.7. The first kappa shape index (κ1) is 30.6. The number of nitrogen functional groups attached to an aromatic ring is 1. The minimum atomic E-state index is -1.80. The maximum Gasteiger partial charge on any atom is 0.276 e. The number of nitrogens with two attached hydrogens (primary N) is 1. The lowest BCUT2D eigenvalue weighted by Gasteiger charge is -2.36. The molecule has 1 fully saturated rings. The third kappa shape index (κ3) is 4.93. The van der Waals surface area contributed by atoms with Crippen molar-refractivity contribution in [1.29, 1.82) is 5.26 Å². The van der Waals surface area contributed by atoms with Gasteiger partial charge >= 0.3 is 0 Å². The molecule has 13 heteroatoms. The molecular weight excluding hydrogens is 595 g/mol. The molecule has 44 heavy (non-hydrogen) atoms. The summed E-state index contributed by atoms with van der Waals surface area (Å²) in [5.41, 5.74) is 4.98. The van der Waals surface area contributed by atoms with Gasteiger partial charge in [-0.2, -0.15) is 5.26 Å². The molecule has 1 amide bonds. The molecule has 9 nitrogen and oxygen atoms in total. The van der Waals surface area contributed by atoms with Gasteiger partial charge in [0.25, 0.3) is 5.56 Å². The number of anilines is 2. The smallest absolute Gasteiger partial charge is 0.276 e. The third-order valence-electron chi connectivity index (χ3n) is 7.63. The number of carbonyl (C=O) groups is 1. The van der Waals surface area contributed by atoms with Crippen LogP contribution in [0.3, 0.4) is 0 Å². The minimum absolute atomic E-state index is 0.0197. The summed E-state index contributed by atoms with van der Waals surface area (Å²) < 4.78 is 44.9. The average Bonchev–Trinajstić information content (AvgIpc) is 3.01. The van der Waals surface area contributed by atoms with E-state index in [9.17, 15) is 23.6 Å². The third-order valence-corrected chi connectivity index (χ3v) is 7.91. The second kappa shape index (κ2) is 11.7. The van der Waals surface area contributed by atoms with Gasteiger partial charge in [-0.25, -0.2) is 18.2 Å². The van der Waals surface area contributed by atoms with Crippen LogP contribution in [0.5, 0.6) is 0 Å². The topological polar surface area (TPSA) is 121 Å². The largest absolute Gasteiger partial charge is 0.396 e. The SMILES string of the molecule is C=CC(=O)N1CCN(c2c(C#N)c(=O)n(-c3c(C)ccnc3C(C)C)c3nc(-c4cc(N)c(F)c(F)c4F)c(Cl)cc23)CC1. The summed E-state index contributed by atoms with van der Waals surface area (Å²) in [5.74, 6) is -5.32. The molecule has 0 atom stereocenters. The molecule has 4 aromatic rings. The van der Waals surface area contributed by atoms with Crippen LogP contribution in [0.1, 0.15) is 36.6 Å². The molecule has 5 rings (SSSR count). The fourth-order valence-electron chi connectivity index (χ4n) is 5.45. The number of nitrogens with zero attached hydrogens (tertiary/aromatic N) is 6. The highest BCUT2D eigenvalue weighted by atomic mass is 35.5. The summed E-state index contributed by atoms with van der Waals surface area (Å²) in [6, 6.07) is 6.03. The summed E-state index contributed by atoms with van der Waals surface area (Å²) in [6.07, 6.45) is 2.81. The number of fused-ring (bicyclic) bond motifs is 1. The number of benzene rings is 1. The van der Waals surface area contributed by atoms with Crippen LogP contribution in [0.25, 0.3) is 28.0 Å². The molecule has 1 saturated heterocycles. The van der Waals surface area contributed by atoms with Crippen LogP contribution in [0.2, 0.25) is 5.02 Å². The standard InChI is InChI=1S/C31H27ClF3N7O2/c1-5-22(43)40-8-10-41(11-9-40)29-18-12-20(32)27(17-13-21(37)24(34)25(35)23(17)33)39-30(18)42(31(44)19(29)14-36)28-16(4)6-7-38-26(28)15(2)3/h5-7,12-13,15H,1,8-11,37H2,2-4H3. The van der Waals surface area contributed by atoms with Crippen LogP contribution in [0, 0.1) is 35.7 Å². The number of hydrogen-bond donors (Lipinski definition) is 1. The Morgan fingerprint density at radius 3 is 2.43 bits per heavy atom. The van der Waals surface area contributed by atoms with Crippen molar-refractivity contribution in [2.45, 2.75) is 26.7 Å². The average molecular weight is 622 g/mol. The summed E-state index contributed by atoms with van der Waals surface area (Å²) in [4.78, 5) is 39.0. The van der Waals surface area contributed by atoms with E-state index in [2.05, 4.69) is 16.5 Å². The predicted octanol–water partition coefficient (Wildman–Crippen LogP) is 5.24. The summed E-state index contributed by atoms with van der Waals surface area (Å²) in [6.45, 7) is 10.2. The lowest BCUT2D eigenvalue weighted by atomic mass is 10.0. The van der Waals surface area contributed by atoms with E-state index >= 15 is 4.39 Å². The summed E-state index contributed by atoms with van der Waals surface area (Å²) in [7, 11) is 0. The molecule has 0 radical (unpaired) electrons. The van der Waals surface area contributed by atoms with Crippen molar-refractivity contribution in [2.24, 2.45) is 0 Å². The molecule has 226 valence electrons. The molecule has 1 aromatic carbocycles. The molecule has 0 saturated carbocycles. The van der Waals surface area contributed by atoms with Crippen LogP contribution < -0.4 is 16.2 Å². The van der Waals surface area contributed by atoms with Gasteiger partial charge in [0, 0.05) is 43.3 Å². The van der Waals surface area contributed by atoms with E-state index in [0.717, 1.165) is 6.07 Å². The van der Waals surface area contributed by atoms with Gasteiger partial charge in [-0.05, 0) is 42.7 Å². The van der Waals surface area contributed by atoms with Crippen molar-refractivity contribution in [3.05, 3.63) is 86.7 Å². The fraction of sp³-hybridized carbons (Fsp3) is 0.258. The number of aryl methyl sites for hydroxylation is 1. The minimum Gasteiger partial charge on any atom is -0.396 e. The molecule has 0 spiro atoms. The van der Waals surface area contributed by atoms with Crippen LogP contribution in [0.4, 0.5) is 24.5 Å². The summed E-state index contributed by atoms with van der Waals surface area (Å²) >= 11 is 6.64. The Bertz CT molecular complexity index is 1960. The number of piperazine rings is 1. The second-order valence-corrected chi connectivity index (χ2v) is 11.1. The Kier molecular flexibility index (Phi) is 8.09. The number of carbonyl (C=O) groups excluding carboxylic acids is 1. The molecular formula is C31H27ClF3N7O2. The number of pyridine rings is 3. The van der Waals surface area contributed by atoms with Crippen LogP contribution in [-0.4, -0.2) is 51.5 Å². The molecule has 0 bridgehead atoms. The van der Waals surface area contributed by atoms with Gasteiger partial charge in [0.1, 0.15) is 17.3 Å². The number of halogens is 4. The van der Waals surface area contributed by atoms with Gasteiger partial charge < -0.3 is 15.5 Å². The zero-order valence-electron chi connectivity index (χ0n) is 24.1. The highest BCUT2D eigenvalue weighted by Gasteiger charge is 2.30. The van der Waals surface area contributed by atoms with Gasteiger partial charge in [0.15, 0.2) is 17.5 Å². The van der Waals surface area contributed by atoms with Crippen molar-refractivity contribution in [3.8, 4) is 23.0 Å². The molecule has 0 unspecified atom stereocenters. The first-order chi connectivity index (χ1) is 20.9. The van der Waals surface area contributed by atoms with Crippen molar-refractivity contribution < 1.29 is 18.0 Å². The lowest BCUT2D eigenvalue weighted by molar-refractivity contribution is -0.126. The van der Waals surface area contributed by atoms with Crippen molar-refractivity contribution in [2.75, 3.05) is 36.8 Å². The Balaban J connectivity index is 1.90.